The highest BCUT2D eigenvalue weighted by Gasteiger charge is 2.24. The minimum Gasteiger partial charge on any atom is -0.348 e. The summed E-state index contributed by atoms with van der Waals surface area (Å²) in [4.78, 5) is 6.77. The molecule has 0 N–H and O–H groups in total. The maximum atomic E-state index is 11.1. The van der Waals surface area contributed by atoms with E-state index < -0.39 is 10.1 Å². The Morgan fingerprint density at radius 2 is 2.10 bits per heavy atom. The summed E-state index contributed by atoms with van der Waals surface area (Å²) >= 11 is 7.59. The monoisotopic (exact) mass is 346 g/mol. The fourth-order valence-electron chi connectivity index (χ4n) is 2.41. The lowest BCUT2D eigenvalue weighted by atomic mass is 10.1. The third-order valence-corrected chi connectivity index (χ3v) is 5.30. The molecule has 0 atom stereocenters. The van der Waals surface area contributed by atoms with Crippen molar-refractivity contribution in [1.82, 2.24) is 4.98 Å². The van der Waals surface area contributed by atoms with Gasteiger partial charge in [0.1, 0.15) is 0 Å². The van der Waals surface area contributed by atoms with Crippen molar-refractivity contribution in [3.63, 3.8) is 0 Å². The van der Waals surface area contributed by atoms with E-state index in [9.17, 15) is 8.42 Å². The van der Waals surface area contributed by atoms with Crippen LogP contribution in [0.15, 0.2) is 18.2 Å². The fraction of sp³-hybridized carbons (Fsp3) is 0.462. The Hall–Kier alpha value is -0.890. The molecule has 21 heavy (non-hydrogen) atoms. The molecular formula is C13H15ClN2O3S2. The van der Waals surface area contributed by atoms with Crippen LogP contribution in [0.2, 0.25) is 5.02 Å². The van der Waals surface area contributed by atoms with Crippen molar-refractivity contribution in [2.24, 2.45) is 0 Å². The van der Waals surface area contributed by atoms with Crippen molar-refractivity contribution in [2.75, 3.05) is 24.2 Å². The average Bonchev–Trinajstić information content (AvgIpc) is 2.80. The lowest BCUT2D eigenvalue weighted by Gasteiger charge is -2.30. The van der Waals surface area contributed by atoms with Crippen LogP contribution in [0.25, 0.3) is 10.2 Å². The van der Waals surface area contributed by atoms with Crippen molar-refractivity contribution >= 4 is 48.4 Å². The number of hydrogen-bond acceptors (Lipinski definition) is 6. The first-order valence-corrected chi connectivity index (χ1v) is 9.61. The van der Waals surface area contributed by atoms with E-state index in [-0.39, 0.29) is 6.10 Å². The molecule has 0 spiro atoms. The zero-order chi connectivity index (χ0) is 15.0. The number of benzene rings is 1. The summed E-state index contributed by atoms with van der Waals surface area (Å²) in [5.74, 6) is 0. The van der Waals surface area contributed by atoms with Crippen molar-refractivity contribution in [3.05, 3.63) is 23.2 Å². The van der Waals surface area contributed by atoms with Crippen molar-refractivity contribution in [3.8, 4) is 0 Å². The quantitative estimate of drug-likeness (QED) is 0.800. The molecule has 1 fully saturated rings. The van der Waals surface area contributed by atoms with Gasteiger partial charge >= 0.3 is 0 Å². The lowest BCUT2D eigenvalue weighted by molar-refractivity contribution is 0.180. The highest BCUT2D eigenvalue weighted by atomic mass is 35.5. The summed E-state index contributed by atoms with van der Waals surface area (Å²) in [7, 11) is -3.38. The van der Waals surface area contributed by atoms with Gasteiger partial charge in [-0.05, 0) is 31.0 Å². The Bertz CT molecular complexity index is 752. The molecule has 1 aliphatic rings. The maximum absolute atomic E-state index is 11.1. The molecule has 1 aromatic carbocycles. The minimum absolute atomic E-state index is 0.222. The van der Waals surface area contributed by atoms with Crippen LogP contribution < -0.4 is 4.90 Å². The van der Waals surface area contributed by atoms with Crippen LogP contribution in [0.1, 0.15) is 12.8 Å². The van der Waals surface area contributed by atoms with Crippen LogP contribution in [0, 0.1) is 0 Å². The van der Waals surface area contributed by atoms with E-state index in [0.717, 1.165) is 34.7 Å². The number of rotatable bonds is 3. The van der Waals surface area contributed by atoms with Crippen molar-refractivity contribution in [1.29, 1.82) is 0 Å². The van der Waals surface area contributed by atoms with Gasteiger partial charge in [0.05, 0.1) is 22.6 Å². The lowest BCUT2D eigenvalue weighted by Crippen LogP contribution is -2.37. The van der Waals surface area contributed by atoms with Crippen molar-refractivity contribution in [2.45, 2.75) is 18.9 Å². The highest BCUT2D eigenvalue weighted by Crippen LogP contribution is 2.32. The highest BCUT2D eigenvalue weighted by molar-refractivity contribution is 7.86. The number of thiazole rings is 1. The van der Waals surface area contributed by atoms with E-state index in [1.165, 1.54) is 0 Å². The van der Waals surface area contributed by atoms with E-state index in [1.807, 2.05) is 18.2 Å². The molecule has 0 radical (unpaired) electrons. The first-order valence-electron chi connectivity index (χ1n) is 6.60. The Morgan fingerprint density at radius 3 is 2.76 bits per heavy atom. The van der Waals surface area contributed by atoms with Crippen LogP contribution in [0.5, 0.6) is 0 Å². The molecule has 114 valence electrons. The van der Waals surface area contributed by atoms with E-state index in [4.69, 9.17) is 15.8 Å². The molecule has 0 amide bonds. The summed E-state index contributed by atoms with van der Waals surface area (Å²) in [5.41, 5.74) is 0.939. The molecule has 3 rings (SSSR count). The number of aromatic nitrogens is 1. The number of halogens is 1. The third kappa shape index (κ3) is 3.66. The number of nitrogens with zero attached hydrogens (tertiary/aromatic N) is 2. The molecule has 5 nitrogen and oxygen atoms in total. The topological polar surface area (TPSA) is 59.5 Å². The van der Waals surface area contributed by atoms with Gasteiger partial charge in [0.2, 0.25) is 0 Å². The second kappa shape index (κ2) is 5.72. The van der Waals surface area contributed by atoms with E-state index in [0.29, 0.717) is 17.9 Å². The van der Waals surface area contributed by atoms with Crippen LogP contribution >= 0.6 is 22.9 Å². The second-order valence-electron chi connectivity index (χ2n) is 5.10. The van der Waals surface area contributed by atoms with Crippen LogP contribution in [0.4, 0.5) is 5.13 Å². The van der Waals surface area contributed by atoms with Crippen LogP contribution in [-0.4, -0.2) is 38.9 Å². The molecule has 0 saturated carbocycles. The Balaban J connectivity index is 1.71. The third-order valence-electron chi connectivity index (χ3n) is 3.36. The predicted molar refractivity (Wildman–Crippen MR) is 85.8 cm³/mol. The van der Waals surface area contributed by atoms with Crippen LogP contribution in [0.3, 0.4) is 0 Å². The van der Waals surface area contributed by atoms with Gasteiger partial charge in [0.25, 0.3) is 10.1 Å². The van der Waals surface area contributed by atoms with Gasteiger partial charge < -0.3 is 4.90 Å². The molecule has 0 unspecified atom stereocenters. The average molecular weight is 347 g/mol. The number of anilines is 1. The summed E-state index contributed by atoms with van der Waals surface area (Å²) in [6, 6.07) is 5.66. The smallest absolute Gasteiger partial charge is 0.264 e. The molecule has 2 aromatic rings. The summed E-state index contributed by atoms with van der Waals surface area (Å²) in [5, 5.41) is 1.66. The minimum atomic E-state index is -3.38. The van der Waals surface area contributed by atoms with Gasteiger partial charge in [-0.15, -0.1) is 0 Å². The number of fused-ring (bicyclic) bond motifs is 1. The Kier molecular flexibility index (Phi) is 4.09. The standard InChI is InChI=1S/C13H15ClN2O3S2/c1-21(17,18)19-10-4-6-16(7-5-10)13-15-11-3-2-9(14)8-12(11)20-13/h2-3,8,10H,4-7H2,1H3. The number of piperidine rings is 1. The summed E-state index contributed by atoms with van der Waals surface area (Å²) in [6.07, 6.45) is 2.24. The molecular weight excluding hydrogens is 332 g/mol. The second-order valence-corrected chi connectivity index (χ2v) is 8.14. The van der Waals surface area contributed by atoms with Gasteiger partial charge in [-0.2, -0.15) is 8.42 Å². The van der Waals surface area contributed by atoms with Gasteiger partial charge in [-0.1, -0.05) is 22.9 Å². The predicted octanol–water partition coefficient (Wildman–Crippen LogP) is 2.89. The summed E-state index contributed by atoms with van der Waals surface area (Å²) < 4.78 is 28.4. The normalized spacial score (nSPS) is 17.5. The molecule has 2 heterocycles. The fourth-order valence-corrected chi connectivity index (χ4v) is 4.39. The largest absolute Gasteiger partial charge is 0.348 e. The number of hydrogen-bond donors (Lipinski definition) is 0. The first-order chi connectivity index (χ1) is 9.90. The zero-order valence-corrected chi connectivity index (χ0v) is 13.8. The summed E-state index contributed by atoms with van der Waals surface area (Å²) in [6.45, 7) is 1.49. The van der Waals surface area contributed by atoms with Gasteiger partial charge in [0, 0.05) is 18.1 Å². The van der Waals surface area contributed by atoms with E-state index >= 15 is 0 Å². The SMILES string of the molecule is CS(=O)(=O)OC1CCN(c2nc3ccc(Cl)cc3s2)CC1. The van der Waals surface area contributed by atoms with Gasteiger partial charge in [0.15, 0.2) is 5.13 Å². The van der Waals surface area contributed by atoms with Crippen molar-refractivity contribution < 1.29 is 12.6 Å². The molecule has 1 aliphatic heterocycles. The van der Waals surface area contributed by atoms with E-state index in [1.54, 1.807) is 11.3 Å². The zero-order valence-electron chi connectivity index (χ0n) is 11.5. The molecule has 8 heteroatoms. The Labute approximate surface area is 132 Å². The Morgan fingerprint density at radius 1 is 1.38 bits per heavy atom. The molecule has 1 aromatic heterocycles. The van der Waals surface area contributed by atoms with Gasteiger partial charge in [-0.3, -0.25) is 4.18 Å². The maximum Gasteiger partial charge on any atom is 0.264 e. The van der Waals surface area contributed by atoms with Gasteiger partial charge in [-0.25, -0.2) is 4.98 Å². The van der Waals surface area contributed by atoms with E-state index in [2.05, 4.69) is 9.88 Å². The first kappa shape index (κ1) is 15.0. The molecule has 0 aliphatic carbocycles. The molecule has 1 saturated heterocycles. The van der Waals surface area contributed by atoms with Crippen LogP contribution in [-0.2, 0) is 14.3 Å². The molecule has 0 bridgehead atoms.